The number of amides is 1. The van der Waals surface area contributed by atoms with Gasteiger partial charge in [-0.05, 0) is 23.8 Å². The van der Waals surface area contributed by atoms with Gasteiger partial charge >= 0.3 is 0 Å². The molecule has 0 spiro atoms. The molecular weight excluding hydrogens is 374 g/mol. The lowest BCUT2D eigenvalue weighted by Gasteiger charge is -2.14. The van der Waals surface area contributed by atoms with Crippen molar-refractivity contribution in [1.82, 2.24) is 4.98 Å². The molecule has 1 amide bonds. The SMILES string of the molecule is COc1ccc(C=C2N=C(c3ccccc3)N(c3nccs3)C2=O)cc1OC. The van der Waals surface area contributed by atoms with Crippen LogP contribution >= 0.6 is 11.3 Å². The maximum atomic E-state index is 13.1. The number of amidine groups is 1. The molecule has 0 saturated heterocycles. The first-order valence-electron chi connectivity index (χ1n) is 8.53. The first-order valence-corrected chi connectivity index (χ1v) is 9.41. The quantitative estimate of drug-likeness (QED) is 0.617. The molecule has 0 saturated carbocycles. The normalized spacial score (nSPS) is 15.1. The molecule has 2 heterocycles. The number of hydrogen-bond acceptors (Lipinski definition) is 6. The van der Waals surface area contributed by atoms with Crippen molar-refractivity contribution >= 4 is 34.3 Å². The molecule has 4 rings (SSSR count). The highest BCUT2D eigenvalue weighted by Gasteiger charge is 2.33. The van der Waals surface area contributed by atoms with E-state index in [-0.39, 0.29) is 5.91 Å². The van der Waals surface area contributed by atoms with Gasteiger partial charge in [0.2, 0.25) is 0 Å². The van der Waals surface area contributed by atoms with Crippen LogP contribution in [0.25, 0.3) is 6.08 Å². The first-order chi connectivity index (χ1) is 13.7. The zero-order chi connectivity index (χ0) is 19.5. The number of benzene rings is 2. The van der Waals surface area contributed by atoms with Crippen molar-refractivity contribution in [2.24, 2.45) is 4.99 Å². The van der Waals surface area contributed by atoms with E-state index >= 15 is 0 Å². The molecule has 1 aliphatic rings. The smallest absolute Gasteiger partial charge is 0.284 e. The number of carbonyl (C=O) groups is 1. The van der Waals surface area contributed by atoms with Crippen molar-refractivity contribution in [3.05, 3.63) is 76.9 Å². The van der Waals surface area contributed by atoms with Crippen LogP contribution in [0.5, 0.6) is 11.5 Å². The zero-order valence-electron chi connectivity index (χ0n) is 15.3. The van der Waals surface area contributed by atoms with E-state index in [9.17, 15) is 4.79 Å². The fraction of sp³-hybridized carbons (Fsp3) is 0.0952. The first kappa shape index (κ1) is 17.9. The third-order valence-corrected chi connectivity index (χ3v) is 4.97. The van der Waals surface area contributed by atoms with Gasteiger partial charge in [-0.1, -0.05) is 36.4 Å². The molecule has 0 bridgehead atoms. The third-order valence-electron chi connectivity index (χ3n) is 4.21. The third kappa shape index (κ3) is 3.27. The van der Waals surface area contributed by atoms with E-state index in [1.165, 1.54) is 11.3 Å². The number of rotatable bonds is 5. The fourth-order valence-electron chi connectivity index (χ4n) is 2.90. The predicted octanol–water partition coefficient (Wildman–Crippen LogP) is 3.99. The van der Waals surface area contributed by atoms with Crippen LogP contribution in [0.1, 0.15) is 11.1 Å². The van der Waals surface area contributed by atoms with Crippen LogP contribution < -0.4 is 14.4 Å². The number of hydrogen-bond donors (Lipinski definition) is 0. The molecule has 28 heavy (non-hydrogen) atoms. The lowest BCUT2D eigenvalue weighted by molar-refractivity contribution is -0.113. The highest BCUT2D eigenvalue weighted by Crippen LogP contribution is 2.31. The number of ether oxygens (including phenoxy) is 2. The van der Waals surface area contributed by atoms with Gasteiger partial charge in [0.25, 0.3) is 5.91 Å². The Morgan fingerprint density at radius 3 is 2.50 bits per heavy atom. The van der Waals surface area contributed by atoms with Crippen molar-refractivity contribution in [2.45, 2.75) is 0 Å². The molecule has 3 aromatic rings. The van der Waals surface area contributed by atoms with E-state index in [2.05, 4.69) is 9.98 Å². The molecule has 0 fully saturated rings. The molecule has 0 N–H and O–H groups in total. The number of carbonyl (C=O) groups excluding carboxylic acids is 1. The largest absolute Gasteiger partial charge is 0.493 e. The maximum absolute atomic E-state index is 13.1. The van der Waals surface area contributed by atoms with Gasteiger partial charge in [0.15, 0.2) is 16.6 Å². The molecule has 140 valence electrons. The number of aromatic nitrogens is 1. The topological polar surface area (TPSA) is 64.0 Å². The molecule has 0 atom stereocenters. The van der Waals surface area contributed by atoms with Gasteiger partial charge in [0.05, 0.1) is 14.2 Å². The number of thiazole rings is 1. The minimum Gasteiger partial charge on any atom is -0.493 e. The van der Waals surface area contributed by atoms with Gasteiger partial charge in [0, 0.05) is 17.1 Å². The van der Waals surface area contributed by atoms with Gasteiger partial charge < -0.3 is 9.47 Å². The summed E-state index contributed by atoms with van der Waals surface area (Å²) in [6, 6.07) is 15.1. The van der Waals surface area contributed by atoms with Gasteiger partial charge in [-0.2, -0.15) is 0 Å². The summed E-state index contributed by atoms with van der Waals surface area (Å²) in [6.45, 7) is 0. The maximum Gasteiger partial charge on any atom is 0.284 e. The van der Waals surface area contributed by atoms with Crippen molar-refractivity contribution in [2.75, 3.05) is 19.1 Å². The number of methoxy groups -OCH3 is 2. The summed E-state index contributed by atoms with van der Waals surface area (Å²) < 4.78 is 10.6. The van der Waals surface area contributed by atoms with Gasteiger partial charge in [-0.15, -0.1) is 11.3 Å². The number of aliphatic imine (C=N–C) groups is 1. The molecule has 0 radical (unpaired) electrons. The Morgan fingerprint density at radius 2 is 1.82 bits per heavy atom. The Hall–Kier alpha value is -3.45. The lowest BCUT2D eigenvalue weighted by Crippen LogP contribution is -2.32. The van der Waals surface area contributed by atoms with E-state index in [1.54, 1.807) is 37.5 Å². The molecule has 1 aliphatic heterocycles. The van der Waals surface area contributed by atoms with Crippen LogP contribution in [0.3, 0.4) is 0 Å². The Bertz CT molecular complexity index is 1060. The highest BCUT2D eigenvalue weighted by atomic mass is 32.1. The monoisotopic (exact) mass is 391 g/mol. The molecular formula is C21H17N3O3S. The summed E-state index contributed by atoms with van der Waals surface area (Å²) in [5.74, 6) is 1.56. The Balaban J connectivity index is 1.78. The van der Waals surface area contributed by atoms with Gasteiger partial charge in [-0.25, -0.2) is 14.9 Å². The Kier molecular flexibility index (Phi) is 4.90. The molecule has 0 aliphatic carbocycles. The summed E-state index contributed by atoms with van der Waals surface area (Å²) >= 11 is 1.39. The summed E-state index contributed by atoms with van der Waals surface area (Å²) in [4.78, 5) is 23.6. The second-order valence-corrected chi connectivity index (χ2v) is 6.77. The van der Waals surface area contributed by atoms with Crippen LogP contribution in [-0.2, 0) is 4.79 Å². The lowest BCUT2D eigenvalue weighted by atomic mass is 10.1. The van der Waals surface area contributed by atoms with E-state index < -0.39 is 0 Å². The van der Waals surface area contributed by atoms with Gasteiger partial charge in [-0.3, -0.25) is 4.79 Å². The summed E-state index contributed by atoms with van der Waals surface area (Å²) in [7, 11) is 3.16. The number of anilines is 1. The van der Waals surface area contributed by atoms with E-state index in [0.717, 1.165) is 11.1 Å². The van der Waals surface area contributed by atoms with E-state index in [1.807, 2.05) is 47.8 Å². The Morgan fingerprint density at radius 1 is 1.04 bits per heavy atom. The fourth-order valence-corrected chi connectivity index (χ4v) is 3.54. The van der Waals surface area contributed by atoms with Crippen LogP contribution in [0.15, 0.2) is 70.8 Å². The van der Waals surface area contributed by atoms with E-state index in [0.29, 0.717) is 28.2 Å². The van der Waals surface area contributed by atoms with Crippen molar-refractivity contribution in [3.63, 3.8) is 0 Å². The Labute approximate surface area is 166 Å². The summed E-state index contributed by atoms with van der Waals surface area (Å²) in [5.41, 5.74) is 1.97. The molecule has 6 nitrogen and oxygen atoms in total. The van der Waals surface area contributed by atoms with Crippen molar-refractivity contribution < 1.29 is 14.3 Å². The average molecular weight is 391 g/mol. The highest BCUT2D eigenvalue weighted by molar-refractivity contribution is 7.14. The molecule has 7 heteroatoms. The number of nitrogens with zero attached hydrogens (tertiary/aromatic N) is 3. The van der Waals surface area contributed by atoms with Crippen LogP contribution in [-0.4, -0.2) is 30.9 Å². The van der Waals surface area contributed by atoms with Crippen molar-refractivity contribution in [1.29, 1.82) is 0 Å². The van der Waals surface area contributed by atoms with E-state index in [4.69, 9.17) is 9.47 Å². The average Bonchev–Trinajstić information content (AvgIpc) is 3.37. The molecule has 1 aromatic heterocycles. The van der Waals surface area contributed by atoms with Gasteiger partial charge in [0.1, 0.15) is 11.5 Å². The predicted molar refractivity (Wildman–Crippen MR) is 110 cm³/mol. The second-order valence-electron chi connectivity index (χ2n) is 5.90. The van der Waals surface area contributed by atoms with Crippen LogP contribution in [0.4, 0.5) is 5.13 Å². The van der Waals surface area contributed by atoms with Crippen LogP contribution in [0, 0.1) is 0 Å². The minimum absolute atomic E-state index is 0.219. The van der Waals surface area contributed by atoms with Crippen molar-refractivity contribution in [3.8, 4) is 11.5 Å². The summed E-state index contributed by atoms with van der Waals surface area (Å²) in [6.07, 6.45) is 3.41. The summed E-state index contributed by atoms with van der Waals surface area (Å²) in [5, 5.41) is 2.42. The standard InChI is InChI=1S/C21H17N3O3S/c1-26-17-9-8-14(13-18(17)27-2)12-16-20(25)24(21-22-10-11-28-21)19(23-16)15-6-4-3-5-7-15/h3-13H,1-2H3. The molecule has 0 unspecified atom stereocenters. The second kappa shape index (κ2) is 7.66. The van der Waals surface area contributed by atoms with Crippen LogP contribution in [0.2, 0.25) is 0 Å². The minimum atomic E-state index is -0.219. The zero-order valence-corrected chi connectivity index (χ0v) is 16.1. The molecule has 2 aromatic carbocycles.